The van der Waals surface area contributed by atoms with Crippen molar-refractivity contribution in [3.05, 3.63) is 0 Å². The maximum atomic E-state index is 12.0. The van der Waals surface area contributed by atoms with Gasteiger partial charge in [0.05, 0.1) is 5.25 Å². The molecule has 5 heteroatoms. The van der Waals surface area contributed by atoms with E-state index in [-0.39, 0.29) is 6.54 Å². The van der Waals surface area contributed by atoms with Crippen molar-refractivity contribution in [1.82, 2.24) is 4.31 Å². The predicted molar refractivity (Wildman–Crippen MR) is 59.8 cm³/mol. The average molecular weight is 232 g/mol. The van der Waals surface area contributed by atoms with E-state index in [0.717, 1.165) is 13.1 Å². The van der Waals surface area contributed by atoms with Crippen LogP contribution in [-0.4, -0.2) is 37.6 Å². The lowest BCUT2D eigenvalue weighted by atomic mass is 10.0. The summed E-state index contributed by atoms with van der Waals surface area (Å²) >= 11 is 0. The topological polar surface area (TPSA) is 63.4 Å². The summed E-state index contributed by atoms with van der Waals surface area (Å²) in [6, 6.07) is 0. The molecule has 3 atom stereocenters. The fraction of sp³-hybridized carbons (Fsp3) is 1.00. The lowest BCUT2D eigenvalue weighted by molar-refractivity contribution is 0.438. The Morgan fingerprint density at radius 2 is 1.87 bits per heavy atom. The van der Waals surface area contributed by atoms with Crippen molar-refractivity contribution in [2.75, 3.05) is 19.6 Å². The van der Waals surface area contributed by atoms with E-state index < -0.39 is 15.3 Å². The van der Waals surface area contributed by atoms with Gasteiger partial charge < -0.3 is 5.73 Å². The van der Waals surface area contributed by atoms with Crippen LogP contribution in [0, 0.1) is 11.8 Å². The van der Waals surface area contributed by atoms with Crippen LogP contribution in [0.15, 0.2) is 0 Å². The summed E-state index contributed by atoms with van der Waals surface area (Å²) in [7, 11) is -3.12. The Kier molecular flexibility index (Phi) is 3.05. The second kappa shape index (κ2) is 4.03. The molecule has 4 nitrogen and oxygen atoms in total. The fourth-order valence-electron chi connectivity index (χ4n) is 2.78. The van der Waals surface area contributed by atoms with Gasteiger partial charge in [-0.2, -0.15) is 0 Å². The van der Waals surface area contributed by atoms with Gasteiger partial charge in [-0.25, -0.2) is 12.7 Å². The highest BCUT2D eigenvalue weighted by Gasteiger charge is 2.42. The summed E-state index contributed by atoms with van der Waals surface area (Å²) in [6.45, 7) is 3.38. The van der Waals surface area contributed by atoms with Crippen LogP contribution in [0.25, 0.3) is 0 Å². The standard InChI is InChI=1S/C10H20N2O2S/c1-8(5-11)15(13,14)12-6-9-3-2-4-10(9)7-12/h8-10H,2-7,11H2,1H3. The van der Waals surface area contributed by atoms with Gasteiger partial charge in [0, 0.05) is 19.6 Å². The van der Waals surface area contributed by atoms with E-state index in [2.05, 4.69) is 0 Å². The summed E-state index contributed by atoms with van der Waals surface area (Å²) in [5, 5.41) is -0.434. The van der Waals surface area contributed by atoms with Gasteiger partial charge in [0.1, 0.15) is 0 Å². The molecule has 0 spiro atoms. The van der Waals surface area contributed by atoms with E-state index >= 15 is 0 Å². The quantitative estimate of drug-likeness (QED) is 0.766. The minimum atomic E-state index is -3.12. The van der Waals surface area contributed by atoms with E-state index in [4.69, 9.17) is 5.73 Å². The zero-order valence-electron chi connectivity index (χ0n) is 9.22. The van der Waals surface area contributed by atoms with Crippen molar-refractivity contribution in [2.24, 2.45) is 17.6 Å². The van der Waals surface area contributed by atoms with Gasteiger partial charge in [0.2, 0.25) is 10.0 Å². The number of hydrogen-bond donors (Lipinski definition) is 1. The number of hydrogen-bond acceptors (Lipinski definition) is 3. The van der Waals surface area contributed by atoms with Gasteiger partial charge in [0.25, 0.3) is 0 Å². The van der Waals surface area contributed by atoms with Crippen molar-refractivity contribution < 1.29 is 8.42 Å². The smallest absolute Gasteiger partial charge is 0.217 e. The Balaban J connectivity index is 2.07. The number of sulfonamides is 1. The molecule has 88 valence electrons. The Bertz CT molecular complexity index is 316. The van der Waals surface area contributed by atoms with E-state index in [1.165, 1.54) is 19.3 Å². The van der Waals surface area contributed by atoms with Crippen LogP contribution in [0.2, 0.25) is 0 Å². The monoisotopic (exact) mass is 232 g/mol. The highest BCUT2D eigenvalue weighted by molar-refractivity contribution is 7.89. The molecule has 15 heavy (non-hydrogen) atoms. The predicted octanol–water partition coefficient (Wildman–Crippen LogP) is 0.395. The first-order valence-corrected chi connectivity index (χ1v) is 7.25. The maximum Gasteiger partial charge on any atom is 0.217 e. The molecule has 0 radical (unpaired) electrons. The first-order valence-electron chi connectivity index (χ1n) is 5.74. The molecule has 0 bridgehead atoms. The average Bonchev–Trinajstić information content (AvgIpc) is 2.75. The molecule has 0 aromatic carbocycles. The van der Waals surface area contributed by atoms with E-state index in [1.807, 2.05) is 0 Å². The van der Waals surface area contributed by atoms with Crippen LogP contribution in [0.1, 0.15) is 26.2 Å². The molecule has 2 rings (SSSR count). The van der Waals surface area contributed by atoms with Crippen LogP contribution in [0.3, 0.4) is 0 Å². The molecule has 0 aromatic rings. The SMILES string of the molecule is CC(CN)S(=O)(=O)N1CC2CCCC2C1. The highest BCUT2D eigenvalue weighted by atomic mass is 32.2. The van der Waals surface area contributed by atoms with Crippen molar-refractivity contribution >= 4 is 10.0 Å². The van der Waals surface area contributed by atoms with Crippen LogP contribution in [-0.2, 0) is 10.0 Å². The Labute approximate surface area is 91.9 Å². The number of fused-ring (bicyclic) bond motifs is 1. The fourth-order valence-corrected chi connectivity index (χ4v) is 4.33. The van der Waals surface area contributed by atoms with E-state index in [0.29, 0.717) is 11.8 Å². The van der Waals surface area contributed by atoms with Gasteiger partial charge in [-0.1, -0.05) is 6.42 Å². The van der Waals surface area contributed by atoms with Crippen LogP contribution >= 0.6 is 0 Å². The Hall–Kier alpha value is -0.130. The molecule has 1 aliphatic carbocycles. The molecule has 1 aliphatic heterocycles. The number of rotatable bonds is 3. The zero-order valence-corrected chi connectivity index (χ0v) is 10.0. The molecule has 0 aromatic heterocycles. The number of nitrogens with zero attached hydrogens (tertiary/aromatic N) is 1. The molecule has 2 N–H and O–H groups in total. The second-order valence-corrected chi connectivity index (χ2v) is 7.21. The molecular formula is C10H20N2O2S. The normalized spacial score (nSPS) is 34.3. The van der Waals surface area contributed by atoms with Crippen LogP contribution < -0.4 is 5.73 Å². The zero-order chi connectivity index (χ0) is 11.1. The molecule has 1 heterocycles. The minimum Gasteiger partial charge on any atom is -0.329 e. The first-order chi connectivity index (χ1) is 7.05. The van der Waals surface area contributed by atoms with Crippen LogP contribution in [0.4, 0.5) is 0 Å². The third-order valence-corrected chi connectivity index (χ3v) is 6.12. The van der Waals surface area contributed by atoms with Gasteiger partial charge >= 0.3 is 0 Å². The van der Waals surface area contributed by atoms with Crippen molar-refractivity contribution in [2.45, 2.75) is 31.4 Å². The highest BCUT2D eigenvalue weighted by Crippen LogP contribution is 2.39. The number of nitrogens with two attached hydrogens (primary N) is 1. The molecule has 3 unspecified atom stereocenters. The van der Waals surface area contributed by atoms with E-state index in [9.17, 15) is 8.42 Å². The summed E-state index contributed by atoms with van der Waals surface area (Å²) < 4.78 is 25.7. The van der Waals surface area contributed by atoms with Gasteiger partial charge in [-0.15, -0.1) is 0 Å². The first kappa shape index (κ1) is 11.4. The van der Waals surface area contributed by atoms with E-state index in [1.54, 1.807) is 11.2 Å². The maximum absolute atomic E-state index is 12.0. The Morgan fingerprint density at radius 1 is 1.33 bits per heavy atom. The third kappa shape index (κ3) is 1.92. The van der Waals surface area contributed by atoms with Crippen molar-refractivity contribution in [3.8, 4) is 0 Å². The van der Waals surface area contributed by atoms with Crippen molar-refractivity contribution in [3.63, 3.8) is 0 Å². The summed E-state index contributed by atoms with van der Waals surface area (Å²) in [5.41, 5.74) is 5.44. The minimum absolute atomic E-state index is 0.216. The lowest BCUT2D eigenvalue weighted by Gasteiger charge is -2.21. The molecule has 2 fully saturated rings. The third-order valence-electron chi connectivity index (χ3n) is 3.89. The van der Waals surface area contributed by atoms with Crippen LogP contribution in [0.5, 0.6) is 0 Å². The second-order valence-electron chi connectivity index (χ2n) is 4.86. The molecule has 2 aliphatic rings. The van der Waals surface area contributed by atoms with Gasteiger partial charge in [-0.05, 0) is 31.6 Å². The molecule has 1 saturated heterocycles. The van der Waals surface area contributed by atoms with Crippen molar-refractivity contribution in [1.29, 1.82) is 0 Å². The summed E-state index contributed by atoms with van der Waals surface area (Å²) in [5.74, 6) is 1.23. The largest absolute Gasteiger partial charge is 0.329 e. The van der Waals surface area contributed by atoms with Gasteiger partial charge in [0.15, 0.2) is 0 Å². The lowest BCUT2D eigenvalue weighted by Crippen LogP contribution is -2.39. The molecular weight excluding hydrogens is 212 g/mol. The summed E-state index contributed by atoms with van der Waals surface area (Å²) in [6.07, 6.45) is 3.68. The molecule has 1 saturated carbocycles. The van der Waals surface area contributed by atoms with Gasteiger partial charge in [-0.3, -0.25) is 0 Å². The molecule has 0 amide bonds. The Morgan fingerprint density at radius 3 is 2.33 bits per heavy atom. The summed E-state index contributed by atoms with van der Waals surface area (Å²) in [4.78, 5) is 0.